The molecule has 150 valence electrons. The number of carbonyl (C=O) groups is 2. The van der Waals surface area contributed by atoms with Crippen molar-refractivity contribution in [2.45, 2.75) is 0 Å². The maximum Gasteiger partial charge on any atom is 0.340 e. The number of hydrogen-bond acceptors (Lipinski definition) is 6. The molecule has 0 aliphatic carbocycles. The molecule has 0 fully saturated rings. The Morgan fingerprint density at radius 3 is 2.11 bits per heavy atom. The molecule has 0 radical (unpaired) electrons. The van der Waals surface area contributed by atoms with Gasteiger partial charge in [0.2, 0.25) is 5.75 Å². The van der Waals surface area contributed by atoms with Gasteiger partial charge in [0.05, 0.1) is 36.9 Å². The van der Waals surface area contributed by atoms with Gasteiger partial charge < -0.3 is 24.3 Å². The molecule has 7 nitrogen and oxygen atoms in total. The van der Waals surface area contributed by atoms with Crippen molar-refractivity contribution in [3.63, 3.8) is 0 Å². The summed E-state index contributed by atoms with van der Waals surface area (Å²) in [5, 5.41) is 2.19. The first kappa shape index (κ1) is 21.6. The molecule has 2 aromatic rings. The number of amides is 1. The molecule has 0 aliphatic rings. The zero-order valence-electron chi connectivity index (χ0n) is 15.1. The second-order valence-electron chi connectivity index (χ2n) is 5.28. The molecule has 0 unspecified atom stereocenters. The van der Waals surface area contributed by atoms with E-state index in [0.717, 1.165) is 12.1 Å². The van der Waals surface area contributed by atoms with Crippen molar-refractivity contribution in [1.82, 2.24) is 0 Å². The molecular formula is C18H16Cl2FNO6. The average Bonchev–Trinajstić information content (AvgIpc) is 2.67. The van der Waals surface area contributed by atoms with Crippen LogP contribution in [-0.2, 0) is 9.53 Å². The molecule has 0 atom stereocenters. The molecular weight excluding hydrogens is 416 g/mol. The first-order chi connectivity index (χ1) is 13.3. The number of esters is 1. The molecule has 2 rings (SSSR count). The molecule has 10 heteroatoms. The van der Waals surface area contributed by atoms with E-state index in [4.69, 9.17) is 42.1 Å². The Bertz CT molecular complexity index is 881. The lowest BCUT2D eigenvalue weighted by molar-refractivity contribution is -0.119. The maximum absolute atomic E-state index is 13.5. The molecule has 28 heavy (non-hydrogen) atoms. The minimum Gasteiger partial charge on any atom is -0.493 e. The summed E-state index contributed by atoms with van der Waals surface area (Å²) in [6, 6.07) is 4.92. The van der Waals surface area contributed by atoms with E-state index in [0.29, 0.717) is 22.9 Å². The number of methoxy groups -OCH3 is 3. The van der Waals surface area contributed by atoms with E-state index < -0.39 is 24.3 Å². The molecule has 0 heterocycles. The van der Waals surface area contributed by atoms with Crippen LogP contribution in [0.5, 0.6) is 17.2 Å². The van der Waals surface area contributed by atoms with Gasteiger partial charge in [-0.15, -0.1) is 0 Å². The summed E-state index contributed by atoms with van der Waals surface area (Å²) in [5.74, 6) is -1.43. The van der Waals surface area contributed by atoms with Crippen molar-refractivity contribution >= 4 is 40.8 Å². The van der Waals surface area contributed by atoms with Crippen molar-refractivity contribution in [1.29, 1.82) is 0 Å². The highest BCUT2D eigenvalue weighted by Crippen LogP contribution is 2.39. The molecule has 0 spiro atoms. The zero-order valence-corrected chi connectivity index (χ0v) is 16.6. The highest BCUT2D eigenvalue weighted by atomic mass is 35.5. The van der Waals surface area contributed by atoms with Crippen LogP contribution < -0.4 is 19.5 Å². The maximum atomic E-state index is 13.5. The lowest BCUT2D eigenvalue weighted by Gasteiger charge is -2.14. The molecule has 2 aromatic carbocycles. The third kappa shape index (κ3) is 4.96. The van der Waals surface area contributed by atoms with Crippen molar-refractivity contribution in [3.05, 3.63) is 45.7 Å². The summed E-state index contributed by atoms with van der Waals surface area (Å²) in [7, 11) is 4.31. The summed E-state index contributed by atoms with van der Waals surface area (Å²) in [6.07, 6.45) is 0. The summed E-state index contributed by atoms with van der Waals surface area (Å²) in [4.78, 5) is 24.1. The van der Waals surface area contributed by atoms with Gasteiger partial charge in [-0.3, -0.25) is 4.79 Å². The van der Waals surface area contributed by atoms with Gasteiger partial charge in [-0.2, -0.15) is 0 Å². The summed E-state index contributed by atoms with van der Waals surface area (Å²) < 4.78 is 33.9. The number of hydrogen-bond donors (Lipinski definition) is 1. The molecule has 0 bridgehead atoms. The van der Waals surface area contributed by atoms with Gasteiger partial charge in [0.15, 0.2) is 18.1 Å². The van der Waals surface area contributed by atoms with E-state index in [1.807, 2.05) is 0 Å². The number of nitrogens with one attached hydrogen (secondary N) is 1. The van der Waals surface area contributed by atoms with Gasteiger partial charge in [0.1, 0.15) is 5.82 Å². The second kappa shape index (κ2) is 9.48. The van der Waals surface area contributed by atoms with Crippen molar-refractivity contribution in [2.24, 2.45) is 0 Å². The molecule has 1 N–H and O–H groups in total. The van der Waals surface area contributed by atoms with E-state index in [1.165, 1.54) is 33.5 Å². The summed E-state index contributed by atoms with van der Waals surface area (Å²) in [6.45, 7) is -0.629. The SMILES string of the molecule is COc1cc(NC(=O)COC(=O)c2cc(F)c(Cl)cc2Cl)cc(OC)c1OC. The lowest BCUT2D eigenvalue weighted by atomic mass is 10.2. The molecule has 0 saturated carbocycles. The number of ether oxygens (including phenoxy) is 4. The van der Waals surface area contributed by atoms with E-state index in [2.05, 4.69) is 5.32 Å². The largest absolute Gasteiger partial charge is 0.493 e. The van der Waals surface area contributed by atoms with Crippen molar-refractivity contribution in [3.8, 4) is 17.2 Å². The van der Waals surface area contributed by atoms with Crippen LogP contribution in [0, 0.1) is 5.82 Å². The first-order valence-electron chi connectivity index (χ1n) is 7.72. The predicted octanol–water partition coefficient (Wildman–Crippen LogP) is 3.95. The van der Waals surface area contributed by atoms with Crippen LogP contribution >= 0.6 is 23.2 Å². The van der Waals surface area contributed by atoms with Crippen LogP contribution in [0.4, 0.5) is 10.1 Å². The average molecular weight is 432 g/mol. The minimum absolute atomic E-state index is 0.0959. The summed E-state index contributed by atoms with van der Waals surface area (Å²) >= 11 is 11.4. The van der Waals surface area contributed by atoms with Gasteiger partial charge in [0, 0.05) is 17.8 Å². The monoisotopic (exact) mass is 431 g/mol. The Balaban J connectivity index is 2.07. The lowest BCUT2D eigenvalue weighted by Crippen LogP contribution is -2.21. The first-order valence-corrected chi connectivity index (χ1v) is 8.47. The highest BCUT2D eigenvalue weighted by molar-refractivity contribution is 6.36. The third-order valence-electron chi connectivity index (χ3n) is 3.51. The fourth-order valence-electron chi connectivity index (χ4n) is 2.24. The number of anilines is 1. The fourth-order valence-corrected chi connectivity index (χ4v) is 2.70. The van der Waals surface area contributed by atoms with Gasteiger partial charge in [-0.1, -0.05) is 23.2 Å². The van der Waals surface area contributed by atoms with Gasteiger partial charge >= 0.3 is 5.97 Å². The summed E-state index contributed by atoms with van der Waals surface area (Å²) in [5.41, 5.74) is 0.0790. The van der Waals surface area contributed by atoms with E-state index in [-0.39, 0.29) is 15.6 Å². The Morgan fingerprint density at radius 2 is 1.57 bits per heavy atom. The highest BCUT2D eigenvalue weighted by Gasteiger charge is 2.18. The normalized spacial score (nSPS) is 10.2. The Labute approximate surface area is 170 Å². The smallest absolute Gasteiger partial charge is 0.340 e. The van der Waals surface area contributed by atoms with Crippen molar-refractivity contribution in [2.75, 3.05) is 33.3 Å². The van der Waals surface area contributed by atoms with Crippen LogP contribution in [-0.4, -0.2) is 39.8 Å². The Hall–Kier alpha value is -2.71. The Kier molecular flexibility index (Phi) is 7.31. The van der Waals surface area contributed by atoms with Gasteiger partial charge in [0.25, 0.3) is 5.91 Å². The van der Waals surface area contributed by atoms with Crippen molar-refractivity contribution < 1.29 is 32.9 Å². The fraction of sp³-hybridized carbons (Fsp3) is 0.222. The van der Waals surface area contributed by atoms with Crippen LogP contribution in [0.2, 0.25) is 10.0 Å². The van der Waals surface area contributed by atoms with Crippen LogP contribution in [0.3, 0.4) is 0 Å². The second-order valence-corrected chi connectivity index (χ2v) is 6.10. The van der Waals surface area contributed by atoms with E-state index in [9.17, 15) is 14.0 Å². The number of halogens is 3. The Morgan fingerprint density at radius 1 is 0.964 bits per heavy atom. The van der Waals surface area contributed by atoms with Crippen LogP contribution in [0.25, 0.3) is 0 Å². The number of rotatable bonds is 7. The van der Waals surface area contributed by atoms with Crippen LogP contribution in [0.1, 0.15) is 10.4 Å². The molecule has 0 aromatic heterocycles. The van der Waals surface area contributed by atoms with Gasteiger partial charge in [-0.05, 0) is 12.1 Å². The quantitative estimate of drug-likeness (QED) is 0.527. The number of carbonyl (C=O) groups excluding carboxylic acids is 2. The molecule has 0 saturated heterocycles. The predicted molar refractivity (Wildman–Crippen MR) is 101 cm³/mol. The third-order valence-corrected chi connectivity index (χ3v) is 4.12. The van der Waals surface area contributed by atoms with E-state index in [1.54, 1.807) is 0 Å². The zero-order chi connectivity index (χ0) is 20.8. The van der Waals surface area contributed by atoms with Gasteiger partial charge in [-0.25, -0.2) is 9.18 Å². The molecule has 1 amide bonds. The topological polar surface area (TPSA) is 83.1 Å². The molecule has 0 aliphatic heterocycles. The number of benzene rings is 2. The standard InChI is InChI=1S/C18H16Cl2FNO6/c1-25-14-4-9(5-15(26-2)17(14)27-3)22-16(23)8-28-18(24)10-6-13(21)12(20)7-11(10)19/h4-7H,8H2,1-3H3,(H,22,23). The minimum atomic E-state index is -0.972. The van der Waals surface area contributed by atoms with Crippen LogP contribution in [0.15, 0.2) is 24.3 Å². The van der Waals surface area contributed by atoms with E-state index >= 15 is 0 Å².